The Morgan fingerprint density at radius 1 is 0.880 bits per heavy atom. The summed E-state index contributed by atoms with van der Waals surface area (Å²) in [5.41, 5.74) is 1.48. The fraction of sp³-hybridized carbons (Fsp3) is 0.300. The Morgan fingerprint density at radius 2 is 1.60 bits per heavy atom. The smallest absolute Gasteiger partial charge is 0.254 e. The van der Waals surface area contributed by atoms with Crippen LogP contribution >= 0.6 is 0 Å². The summed E-state index contributed by atoms with van der Waals surface area (Å²) >= 11 is 0. The molecule has 25 heavy (non-hydrogen) atoms. The van der Waals surface area contributed by atoms with Gasteiger partial charge in [-0.25, -0.2) is 0 Å². The molecule has 1 aliphatic heterocycles. The zero-order valence-corrected chi connectivity index (χ0v) is 14.1. The van der Waals surface area contributed by atoms with Crippen LogP contribution in [-0.4, -0.2) is 52.9 Å². The maximum atomic E-state index is 12.6. The van der Waals surface area contributed by atoms with Crippen molar-refractivity contribution in [1.29, 1.82) is 0 Å². The Morgan fingerprint density at radius 3 is 2.36 bits per heavy atom. The van der Waals surface area contributed by atoms with E-state index in [4.69, 9.17) is 0 Å². The van der Waals surface area contributed by atoms with Crippen molar-refractivity contribution >= 4 is 11.8 Å². The van der Waals surface area contributed by atoms with Gasteiger partial charge in [-0.2, -0.15) is 0 Å². The Kier molecular flexibility index (Phi) is 5.33. The largest absolute Gasteiger partial charge is 0.508 e. The molecule has 1 saturated heterocycles. The number of phenolic OH excluding ortho intramolecular Hbond substituents is 1. The van der Waals surface area contributed by atoms with E-state index in [0.717, 1.165) is 12.0 Å². The molecule has 0 radical (unpaired) electrons. The SMILES string of the molecule is O=C(Cc1ccccc1)N1CCCN(C(=O)c2cccc(O)c2)CC1. The first-order valence-electron chi connectivity index (χ1n) is 8.53. The molecule has 1 aliphatic rings. The molecule has 0 saturated carbocycles. The minimum atomic E-state index is -0.103. The van der Waals surface area contributed by atoms with Crippen LogP contribution in [0.1, 0.15) is 22.3 Å². The maximum absolute atomic E-state index is 12.6. The fourth-order valence-corrected chi connectivity index (χ4v) is 3.07. The summed E-state index contributed by atoms with van der Waals surface area (Å²) in [6.45, 7) is 2.32. The topological polar surface area (TPSA) is 60.9 Å². The van der Waals surface area contributed by atoms with Gasteiger partial charge in [-0.15, -0.1) is 0 Å². The van der Waals surface area contributed by atoms with E-state index in [9.17, 15) is 14.7 Å². The number of aromatic hydroxyl groups is 1. The van der Waals surface area contributed by atoms with Gasteiger partial charge in [-0.1, -0.05) is 36.4 Å². The van der Waals surface area contributed by atoms with Crippen LogP contribution in [0.5, 0.6) is 5.75 Å². The Labute approximate surface area is 147 Å². The summed E-state index contributed by atoms with van der Waals surface area (Å²) in [7, 11) is 0. The van der Waals surface area contributed by atoms with Crippen LogP contribution in [0, 0.1) is 0 Å². The average Bonchev–Trinajstić information content (AvgIpc) is 2.88. The van der Waals surface area contributed by atoms with Gasteiger partial charge in [0.05, 0.1) is 6.42 Å². The monoisotopic (exact) mass is 338 g/mol. The number of amides is 2. The predicted octanol–water partition coefficient (Wildman–Crippen LogP) is 2.31. The molecule has 0 bridgehead atoms. The molecule has 2 aromatic rings. The molecule has 3 rings (SSSR count). The van der Waals surface area contributed by atoms with Gasteiger partial charge in [0.2, 0.25) is 5.91 Å². The number of carbonyl (C=O) groups is 2. The average molecular weight is 338 g/mol. The van der Waals surface area contributed by atoms with Crippen LogP contribution in [-0.2, 0) is 11.2 Å². The summed E-state index contributed by atoms with van der Waals surface area (Å²) in [5, 5.41) is 9.55. The van der Waals surface area contributed by atoms with Crippen molar-refractivity contribution < 1.29 is 14.7 Å². The van der Waals surface area contributed by atoms with Crippen molar-refractivity contribution in [2.75, 3.05) is 26.2 Å². The van der Waals surface area contributed by atoms with Gasteiger partial charge < -0.3 is 14.9 Å². The summed E-state index contributed by atoms with van der Waals surface area (Å²) in [5.74, 6) is 0.0754. The highest BCUT2D eigenvalue weighted by molar-refractivity contribution is 5.94. The Bertz CT molecular complexity index is 746. The number of carbonyl (C=O) groups excluding carboxylic acids is 2. The van der Waals surface area contributed by atoms with Crippen molar-refractivity contribution in [2.24, 2.45) is 0 Å². The molecule has 0 atom stereocenters. The molecule has 0 spiro atoms. The third-order valence-corrected chi connectivity index (χ3v) is 4.43. The molecule has 1 N–H and O–H groups in total. The lowest BCUT2D eigenvalue weighted by Crippen LogP contribution is -2.38. The highest BCUT2D eigenvalue weighted by Crippen LogP contribution is 2.15. The fourth-order valence-electron chi connectivity index (χ4n) is 3.07. The lowest BCUT2D eigenvalue weighted by Gasteiger charge is -2.22. The van der Waals surface area contributed by atoms with Gasteiger partial charge in [0.15, 0.2) is 0 Å². The van der Waals surface area contributed by atoms with Crippen LogP contribution < -0.4 is 0 Å². The molecule has 0 aromatic heterocycles. The Balaban J connectivity index is 1.60. The quantitative estimate of drug-likeness (QED) is 0.934. The molecule has 2 amide bonds. The number of hydrogen-bond donors (Lipinski definition) is 1. The van der Waals surface area contributed by atoms with Crippen LogP contribution in [0.25, 0.3) is 0 Å². The van der Waals surface area contributed by atoms with E-state index in [1.54, 1.807) is 23.1 Å². The van der Waals surface area contributed by atoms with Gasteiger partial charge in [0.1, 0.15) is 5.75 Å². The van der Waals surface area contributed by atoms with Crippen LogP contribution in [0.15, 0.2) is 54.6 Å². The lowest BCUT2D eigenvalue weighted by atomic mass is 10.1. The van der Waals surface area contributed by atoms with Crippen molar-refractivity contribution in [3.8, 4) is 5.75 Å². The molecular weight excluding hydrogens is 316 g/mol. The van der Waals surface area contributed by atoms with E-state index in [1.807, 2.05) is 35.2 Å². The van der Waals surface area contributed by atoms with E-state index < -0.39 is 0 Å². The lowest BCUT2D eigenvalue weighted by molar-refractivity contribution is -0.130. The third-order valence-electron chi connectivity index (χ3n) is 4.43. The second-order valence-electron chi connectivity index (χ2n) is 6.24. The van der Waals surface area contributed by atoms with Crippen LogP contribution in [0.3, 0.4) is 0 Å². The van der Waals surface area contributed by atoms with Gasteiger partial charge >= 0.3 is 0 Å². The van der Waals surface area contributed by atoms with E-state index in [0.29, 0.717) is 38.2 Å². The molecule has 2 aromatic carbocycles. The second kappa shape index (κ2) is 7.83. The van der Waals surface area contributed by atoms with E-state index >= 15 is 0 Å². The van der Waals surface area contributed by atoms with Crippen molar-refractivity contribution in [2.45, 2.75) is 12.8 Å². The standard InChI is InChI=1S/C20H22N2O3/c23-18-9-4-8-17(15-18)20(25)22-11-5-10-21(12-13-22)19(24)14-16-6-2-1-3-7-16/h1-4,6-9,15,23H,5,10-14H2. The summed E-state index contributed by atoms with van der Waals surface area (Å²) in [6, 6.07) is 16.1. The number of nitrogens with zero attached hydrogens (tertiary/aromatic N) is 2. The zero-order valence-electron chi connectivity index (χ0n) is 14.1. The molecular formula is C20H22N2O3. The van der Waals surface area contributed by atoms with Gasteiger partial charge in [0.25, 0.3) is 5.91 Å². The Hall–Kier alpha value is -2.82. The third kappa shape index (κ3) is 4.38. The minimum Gasteiger partial charge on any atom is -0.508 e. The predicted molar refractivity (Wildman–Crippen MR) is 95.4 cm³/mol. The highest BCUT2D eigenvalue weighted by atomic mass is 16.3. The first-order valence-corrected chi connectivity index (χ1v) is 8.53. The van der Waals surface area contributed by atoms with Gasteiger partial charge in [0, 0.05) is 31.7 Å². The van der Waals surface area contributed by atoms with E-state index in [1.165, 1.54) is 6.07 Å². The number of benzene rings is 2. The molecule has 5 nitrogen and oxygen atoms in total. The summed E-state index contributed by atoms with van der Waals surface area (Å²) in [6.07, 6.45) is 1.15. The molecule has 1 fully saturated rings. The van der Waals surface area contributed by atoms with E-state index in [-0.39, 0.29) is 17.6 Å². The van der Waals surface area contributed by atoms with Crippen molar-refractivity contribution in [3.63, 3.8) is 0 Å². The normalized spacial score (nSPS) is 14.9. The van der Waals surface area contributed by atoms with Crippen molar-refractivity contribution in [3.05, 3.63) is 65.7 Å². The first kappa shape index (κ1) is 17.0. The van der Waals surface area contributed by atoms with E-state index in [2.05, 4.69) is 0 Å². The number of rotatable bonds is 3. The minimum absolute atomic E-state index is 0.0836. The van der Waals surface area contributed by atoms with Gasteiger partial charge in [-0.05, 0) is 30.2 Å². The number of hydrogen-bond acceptors (Lipinski definition) is 3. The van der Waals surface area contributed by atoms with Crippen LogP contribution in [0.2, 0.25) is 0 Å². The summed E-state index contributed by atoms with van der Waals surface area (Å²) in [4.78, 5) is 28.7. The second-order valence-corrected chi connectivity index (χ2v) is 6.24. The maximum Gasteiger partial charge on any atom is 0.254 e. The van der Waals surface area contributed by atoms with Gasteiger partial charge in [-0.3, -0.25) is 9.59 Å². The molecule has 0 unspecified atom stereocenters. The molecule has 1 heterocycles. The summed E-state index contributed by atoms with van der Waals surface area (Å²) < 4.78 is 0. The molecule has 5 heteroatoms. The first-order chi connectivity index (χ1) is 12.1. The molecule has 130 valence electrons. The van der Waals surface area contributed by atoms with Crippen LogP contribution in [0.4, 0.5) is 0 Å². The highest BCUT2D eigenvalue weighted by Gasteiger charge is 2.23. The zero-order chi connectivity index (χ0) is 17.6. The number of phenols is 1. The molecule has 0 aliphatic carbocycles. The van der Waals surface area contributed by atoms with Crippen molar-refractivity contribution in [1.82, 2.24) is 9.80 Å².